The third-order valence-electron chi connectivity index (χ3n) is 5.27. The minimum absolute atomic E-state index is 0.00896. The van der Waals surface area contributed by atoms with Gasteiger partial charge in [-0.2, -0.15) is 0 Å². The van der Waals surface area contributed by atoms with E-state index in [-0.39, 0.29) is 23.2 Å². The second-order valence-electron chi connectivity index (χ2n) is 6.89. The van der Waals surface area contributed by atoms with Crippen molar-refractivity contribution < 1.29 is 14.7 Å². The average molecular weight is 303 g/mol. The smallest absolute Gasteiger partial charge is 0.326 e. The number of rotatable bonds is 4. The molecule has 1 unspecified atom stereocenters. The van der Waals surface area contributed by atoms with Crippen LogP contribution in [-0.4, -0.2) is 45.5 Å². The van der Waals surface area contributed by atoms with E-state index in [2.05, 4.69) is 18.8 Å². The fourth-order valence-electron chi connectivity index (χ4n) is 3.87. The lowest BCUT2D eigenvalue weighted by Crippen LogP contribution is -2.52. The van der Waals surface area contributed by atoms with E-state index in [1.54, 1.807) is 12.4 Å². The lowest BCUT2D eigenvalue weighted by Gasteiger charge is -2.30. The second-order valence-corrected chi connectivity index (χ2v) is 6.89. The number of nitrogens with two attached hydrogens (primary N) is 1. The normalized spacial score (nSPS) is 29.8. The Balaban J connectivity index is 1.71. The number of carbonyl (C=O) groups is 2. The first-order chi connectivity index (χ1) is 10.3. The summed E-state index contributed by atoms with van der Waals surface area (Å²) in [5.41, 5.74) is 6.95. The van der Waals surface area contributed by atoms with Crippen LogP contribution in [0.4, 0.5) is 0 Å². The number of aromatic nitrogens is 1. The average Bonchev–Trinajstić information content (AvgIpc) is 2.86. The molecule has 0 bridgehead atoms. The van der Waals surface area contributed by atoms with Crippen molar-refractivity contribution in [2.75, 3.05) is 6.54 Å². The molecule has 1 amide bonds. The fourth-order valence-corrected chi connectivity index (χ4v) is 3.87. The molecule has 4 atom stereocenters. The van der Waals surface area contributed by atoms with Gasteiger partial charge in [0.2, 0.25) is 5.91 Å². The van der Waals surface area contributed by atoms with Gasteiger partial charge in [0.15, 0.2) is 0 Å². The van der Waals surface area contributed by atoms with Crippen LogP contribution in [0.1, 0.15) is 19.4 Å². The molecule has 3 rings (SSSR count). The van der Waals surface area contributed by atoms with Gasteiger partial charge < -0.3 is 15.7 Å². The number of pyridine rings is 1. The SMILES string of the molecule is CC1(C)[C@@H]2[C@@H](C(=O)O)N(C(=O)C(N)Cc3ccncc3)C[C@@H]21. The summed E-state index contributed by atoms with van der Waals surface area (Å²) in [5, 5.41) is 9.49. The molecule has 2 fully saturated rings. The first-order valence-electron chi connectivity index (χ1n) is 7.52. The van der Waals surface area contributed by atoms with Crippen LogP contribution in [-0.2, 0) is 16.0 Å². The van der Waals surface area contributed by atoms with Crippen LogP contribution in [0.2, 0.25) is 0 Å². The van der Waals surface area contributed by atoms with Crippen molar-refractivity contribution in [1.82, 2.24) is 9.88 Å². The van der Waals surface area contributed by atoms with E-state index in [9.17, 15) is 14.7 Å². The Labute approximate surface area is 129 Å². The highest BCUT2D eigenvalue weighted by Gasteiger charge is 2.69. The molecular formula is C16H21N3O3. The zero-order chi connectivity index (χ0) is 16.1. The number of nitrogens with zero attached hydrogens (tertiary/aromatic N) is 2. The van der Waals surface area contributed by atoms with Gasteiger partial charge in [0.1, 0.15) is 6.04 Å². The number of piperidine rings is 1. The van der Waals surface area contributed by atoms with Crippen molar-refractivity contribution >= 4 is 11.9 Å². The van der Waals surface area contributed by atoms with E-state index in [1.165, 1.54) is 4.90 Å². The van der Waals surface area contributed by atoms with Crippen LogP contribution in [0.15, 0.2) is 24.5 Å². The van der Waals surface area contributed by atoms with Crippen molar-refractivity contribution in [2.45, 2.75) is 32.4 Å². The van der Waals surface area contributed by atoms with Gasteiger partial charge in [0.05, 0.1) is 6.04 Å². The number of amides is 1. The summed E-state index contributed by atoms with van der Waals surface area (Å²) in [4.78, 5) is 29.5. The monoisotopic (exact) mass is 303 g/mol. The number of likely N-dealkylation sites (tertiary alicyclic amines) is 1. The Morgan fingerprint density at radius 3 is 2.68 bits per heavy atom. The zero-order valence-corrected chi connectivity index (χ0v) is 12.8. The molecule has 1 aliphatic carbocycles. The van der Waals surface area contributed by atoms with E-state index >= 15 is 0 Å². The minimum atomic E-state index is -0.928. The van der Waals surface area contributed by atoms with Gasteiger partial charge in [-0.05, 0) is 35.4 Å². The zero-order valence-electron chi connectivity index (χ0n) is 12.8. The predicted octanol–water partition coefficient (Wildman–Crippen LogP) is 0.519. The molecule has 1 aromatic rings. The predicted molar refractivity (Wildman–Crippen MR) is 79.8 cm³/mol. The molecule has 6 nitrogen and oxygen atoms in total. The Morgan fingerprint density at radius 2 is 2.09 bits per heavy atom. The first-order valence-corrected chi connectivity index (χ1v) is 7.52. The highest BCUT2D eigenvalue weighted by molar-refractivity contribution is 5.88. The van der Waals surface area contributed by atoms with Crippen molar-refractivity contribution in [3.8, 4) is 0 Å². The van der Waals surface area contributed by atoms with Gasteiger partial charge in [-0.25, -0.2) is 4.79 Å². The first kappa shape index (κ1) is 15.0. The van der Waals surface area contributed by atoms with Crippen molar-refractivity contribution in [2.24, 2.45) is 23.0 Å². The summed E-state index contributed by atoms with van der Waals surface area (Å²) < 4.78 is 0. The number of carboxylic acid groups (broad SMARTS) is 1. The molecule has 6 heteroatoms. The molecule has 1 aliphatic heterocycles. The molecule has 1 aromatic heterocycles. The second kappa shape index (κ2) is 5.05. The van der Waals surface area contributed by atoms with Crippen LogP contribution in [0.3, 0.4) is 0 Å². The number of hydrogen-bond acceptors (Lipinski definition) is 4. The molecule has 1 saturated carbocycles. The molecule has 1 saturated heterocycles. The van der Waals surface area contributed by atoms with Crippen LogP contribution in [0, 0.1) is 17.3 Å². The maximum absolute atomic E-state index is 12.6. The quantitative estimate of drug-likeness (QED) is 0.845. The number of carboxylic acids is 1. The van der Waals surface area contributed by atoms with Crippen LogP contribution >= 0.6 is 0 Å². The number of fused-ring (bicyclic) bond motifs is 1. The third-order valence-corrected chi connectivity index (χ3v) is 5.27. The standard InChI is InChI=1S/C16H21N3O3/c1-16(2)10-8-19(13(12(10)16)15(21)22)14(20)11(17)7-9-3-5-18-6-4-9/h3-6,10-13H,7-8,17H2,1-2H3,(H,21,22)/t10-,11?,12-,13-/m0/s1. The summed E-state index contributed by atoms with van der Waals surface area (Å²) >= 11 is 0. The molecule has 0 aromatic carbocycles. The summed E-state index contributed by atoms with van der Waals surface area (Å²) in [6.45, 7) is 4.63. The van der Waals surface area contributed by atoms with Gasteiger partial charge in [-0.15, -0.1) is 0 Å². The van der Waals surface area contributed by atoms with Gasteiger partial charge in [-0.1, -0.05) is 13.8 Å². The summed E-state index contributed by atoms with van der Waals surface area (Å²) in [5.74, 6) is -0.887. The number of hydrogen-bond donors (Lipinski definition) is 2. The molecule has 118 valence electrons. The van der Waals surface area contributed by atoms with Gasteiger partial charge in [0.25, 0.3) is 0 Å². The Bertz CT molecular complexity index is 602. The van der Waals surface area contributed by atoms with Gasteiger partial charge >= 0.3 is 5.97 Å². The Morgan fingerprint density at radius 1 is 1.45 bits per heavy atom. The number of aliphatic carboxylic acids is 1. The van der Waals surface area contributed by atoms with Crippen LogP contribution in [0.5, 0.6) is 0 Å². The van der Waals surface area contributed by atoms with Crippen LogP contribution in [0.25, 0.3) is 0 Å². The maximum atomic E-state index is 12.6. The number of carbonyl (C=O) groups excluding carboxylic acids is 1. The molecule has 3 N–H and O–H groups in total. The van der Waals surface area contributed by atoms with Gasteiger partial charge in [-0.3, -0.25) is 9.78 Å². The Kier molecular flexibility index (Phi) is 3.44. The largest absolute Gasteiger partial charge is 0.480 e. The van der Waals surface area contributed by atoms with Crippen molar-refractivity contribution in [3.05, 3.63) is 30.1 Å². The molecule has 0 radical (unpaired) electrons. The van der Waals surface area contributed by atoms with E-state index in [1.807, 2.05) is 12.1 Å². The van der Waals surface area contributed by atoms with E-state index < -0.39 is 18.1 Å². The van der Waals surface area contributed by atoms with Crippen molar-refractivity contribution in [3.63, 3.8) is 0 Å². The lowest BCUT2D eigenvalue weighted by atomic mass is 9.99. The molecule has 2 aliphatic rings. The van der Waals surface area contributed by atoms with E-state index in [0.717, 1.165) is 5.56 Å². The van der Waals surface area contributed by atoms with Gasteiger partial charge in [0, 0.05) is 24.9 Å². The molecule has 22 heavy (non-hydrogen) atoms. The topological polar surface area (TPSA) is 96.5 Å². The maximum Gasteiger partial charge on any atom is 0.326 e. The molecule has 0 spiro atoms. The minimum Gasteiger partial charge on any atom is -0.480 e. The third kappa shape index (κ3) is 2.27. The highest BCUT2D eigenvalue weighted by atomic mass is 16.4. The Hall–Kier alpha value is -1.95. The summed E-state index contributed by atoms with van der Waals surface area (Å²) in [7, 11) is 0. The molecule has 2 heterocycles. The van der Waals surface area contributed by atoms with Crippen LogP contribution < -0.4 is 5.73 Å². The van der Waals surface area contributed by atoms with E-state index in [4.69, 9.17) is 5.73 Å². The fraction of sp³-hybridized carbons (Fsp3) is 0.562. The summed E-state index contributed by atoms with van der Waals surface area (Å²) in [6, 6.07) is 2.17. The lowest BCUT2D eigenvalue weighted by molar-refractivity contribution is -0.150. The molecular weight excluding hydrogens is 282 g/mol. The highest BCUT2D eigenvalue weighted by Crippen LogP contribution is 2.64. The van der Waals surface area contributed by atoms with E-state index in [0.29, 0.717) is 13.0 Å². The van der Waals surface area contributed by atoms with Crippen molar-refractivity contribution in [1.29, 1.82) is 0 Å². The summed E-state index contributed by atoms with van der Waals surface area (Å²) in [6.07, 6.45) is 3.70.